The van der Waals surface area contributed by atoms with E-state index < -0.39 is 20.5 Å². The normalized spacial score (nSPS) is 17.7. The standard InChI is InChI=1S/C25H32FNO4SSi/c1-25(2,3)33(4,5)31-22(19-11-13-20(26)14-12-19)16-32-17-23(28)27-21(15-30-24(27)29)18-9-7-6-8-10-18/h6-14,21-22H,15-17H2,1-5H3/t21-,22-/m1/s1. The van der Waals surface area contributed by atoms with Crippen molar-refractivity contribution in [1.29, 1.82) is 0 Å². The summed E-state index contributed by atoms with van der Waals surface area (Å²) in [6.07, 6.45) is -0.887. The third-order valence-electron chi connectivity index (χ3n) is 6.31. The van der Waals surface area contributed by atoms with Crippen molar-refractivity contribution in [1.82, 2.24) is 4.90 Å². The minimum atomic E-state index is -2.11. The van der Waals surface area contributed by atoms with Crippen LogP contribution in [0, 0.1) is 5.82 Å². The molecular weight excluding hydrogens is 457 g/mol. The molecule has 0 spiro atoms. The Balaban J connectivity index is 1.69. The molecule has 2 amide bonds. The highest BCUT2D eigenvalue weighted by molar-refractivity contribution is 7.99. The Kier molecular flexibility index (Phi) is 8.03. The number of rotatable bonds is 8. The van der Waals surface area contributed by atoms with Gasteiger partial charge in [0.1, 0.15) is 18.5 Å². The number of imide groups is 1. The van der Waals surface area contributed by atoms with E-state index in [-0.39, 0.29) is 35.2 Å². The predicted octanol–water partition coefficient (Wildman–Crippen LogP) is 6.34. The van der Waals surface area contributed by atoms with E-state index in [9.17, 15) is 14.0 Å². The zero-order valence-electron chi connectivity index (χ0n) is 19.8. The first kappa shape index (κ1) is 25.5. The Morgan fingerprint density at radius 1 is 1.18 bits per heavy atom. The Morgan fingerprint density at radius 2 is 1.82 bits per heavy atom. The number of carbonyl (C=O) groups excluding carboxylic acids is 2. The van der Waals surface area contributed by atoms with Gasteiger partial charge in [0.05, 0.1) is 11.9 Å². The van der Waals surface area contributed by atoms with Gasteiger partial charge in [0.15, 0.2) is 8.32 Å². The Bertz CT molecular complexity index is 963. The van der Waals surface area contributed by atoms with Crippen molar-refractivity contribution in [2.24, 2.45) is 0 Å². The minimum Gasteiger partial charge on any atom is -0.446 e. The average Bonchev–Trinajstić information content (AvgIpc) is 3.15. The van der Waals surface area contributed by atoms with Gasteiger partial charge in [-0.2, -0.15) is 0 Å². The van der Waals surface area contributed by atoms with Crippen LogP contribution in [0.2, 0.25) is 18.1 Å². The lowest BCUT2D eigenvalue weighted by molar-refractivity contribution is -0.126. The number of hydrogen-bond acceptors (Lipinski definition) is 5. The molecule has 1 saturated heterocycles. The van der Waals surface area contributed by atoms with E-state index in [2.05, 4.69) is 33.9 Å². The molecule has 8 heteroatoms. The summed E-state index contributed by atoms with van der Waals surface area (Å²) in [7, 11) is -2.11. The summed E-state index contributed by atoms with van der Waals surface area (Å²) in [6.45, 7) is 11.0. The lowest BCUT2D eigenvalue weighted by Crippen LogP contribution is -2.42. The minimum absolute atomic E-state index is 0.00792. The van der Waals surface area contributed by atoms with E-state index in [0.29, 0.717) is 5.75 Å². The van der Waals surface area contributed by atoms with E-state index in [0.717, 1.165) is 11.1 Å². The number of carbonyl (C=O) groups is 2. The van der Waals surface area contributed by atoms with E-state index in [1.807, 2.05) is 30.3 Å². The second kappa shape index (κ2) is 10.4. The molecule has 5 nitrogen and oxygen atoms in total. The maximum absolute atomic E-state index is 13.5. The summed E-state index contributed by atoms with van der Waals surface area (Å²) >= 11 is 1.41. The number of thioether (sulfide) groups is 1. The van der Waals surface area contributed by atoms with Crippen molar-refractivity contribution >= 4 is 32.1 Å². The Hall–Kier alpha value is -2.16. The molecule has 3 rings (SSSR count). The number of benzene rings is 2. The third-order valence-corrected chi connectivity index (χ3v) is 11.8. The molecule has 1 aliphatic heterocycles. The molecule has 0 saturated carbocycles. The molecule has 2 aromatic rings. The first-order chi connectivity index (χ1) is 15.5. The fourth-order valence-corrected chi connectivity index (χ4v) is 5.66. The van der Waals surface area contributed by atoms with Crippen LogP contribution >= 0.6 is 11.8 Å². The molecule has 1 aliphatic rings. The maximum Gasteiger partial charge on any atom is 0.417 e. The van der Waals surface area contributed by atoms with Gasteiger partial charge in [-0.05, 0) is 41.4 Å². The van der Waals surface area contributed by atoms with Crippen LogP contribution in [0.4, 0.5) is 9.18 Å². The molecular formula is C25H32FNO4SSi. The lowest BCUT2D eigenvalue weighted by Gasteiger charge is -2.39. The van der Waals surface area contributed by atoms with E-state index >= 15 is 0 Å². The summed E-state index contributed by atoms with van der Waals surface area (Å²) in [5.74, 6) is 0.0495. The second-order valence-corrected chi connectivity index (χ2v) is 15.5. The summed E-state index contributed by atoms with van der Waals surface area (Å²) in [5, 5.41) is 0.00792. The second-order valence-electron chi connectivity index (χ2n) is 9.70. The summed E-state index contributed by atoms with van der Waals surface area (Å²) < 4.78 is 25.3. The molecule has 0 aromatic heterocycles. The van der Waals surface area contributed by atoms with Crippen molar-refractivity contribution in [3.63, 3.8) is 0 Å². The van der Waals surface area contributed by atoms with Crippen LogP contribution in [0.3, 0.4) is 0 Å². The molecule has 178 valence electrons. The molecule has 1 fully saturated rings. The Labute approximate surface area is 200 Å². The van der Waals surface area contributed by atoms with Crippen LogP contribution in [-0.2, 0) is 14.0 Å². The number of ether oxygens (including phenoxy) is 1. The topological polar surface area (TPSA) is 55.8 Å². The van der Waals surface area contributed by atoms with Gasteiger partial charge in [-0.15, -0.1) is 11.8 Å². The highest BCUT2D eigenvalue weighted by Crippen LogP contribution is 2.40. The largest absolute Gasteiger partial charge is 0.446 e. The van der Waals surface area contributed by atoms with Gasteiger partial charge >= 0.3 is 6.09 Å². The van der Waals surface area contributed by atoms with Crippen molar-refractivity contribution in [3.8, 4) is 0 Å². The monoisotopic (exact) mass is 489 g/mol. The molecule has 0 bridgehead atoms. The van der Waals surface area contributed by atoms with Gasteiger partial charge < -0.3 is 9.16 Å². The van der Waals surface area contributed by atoms with Crippen molar-refractivity contribution in [3.05, 3.63) is 71.5 Å². The fourth-order valence-electron chi connectivity index (χ4n) is 3.35. The SMILES string of the molecule is CC(C)(C)[Si](C)(C)O[C@H](CSCC(=O)N1C(=O)OC[C@@H]1c1ccccc1)c1ccc(F)cc1. The van der Waals surface area contributed by atoms with Gasteiger partial charge in [-0.3, -0.25) is 4.79 Å². The molecule has 2 atom stereocenters. The Morgan fingerprint density at radius 3 is 2.42 bits per heavy atom. The zero-order chi connectivity index (χ0) is 24.2. The van der Waals surface area contributed by atoms with Crippen LogP contribution in [0.15, 0.2) is 54.6 Å². The molecule has 0 radical (unpaired) electrons. The lowest BCUT2D eigenvalue weighted by atomic mass is 10.1. The van der Waals surface area contributed by atoms with Gasteiger partial charge in [0.25, 0.3) is 0 Å². The van der Waals surface area contributed by atoms with Crippen LogP contribution < -0.4 is 0 Å². The quantitative estimate of drug-likeness (QED) is 0.405. The van der Waals surface area contributed by atoms with Crippen LogP contribution in [-0.4, -0.2) is 43.3 Å². The van der Waals surface area contributed by atoms with Gasteiger partial charge in [0.2, 0.25) is 5.91 Å². The average molecular weight is 490 g/mol. The summed E-state index contributed by atoms with van der Waals surface area (Å²) in [5.41, 5.74) is 1.75. The van der Waals surface area contributed by atoms with Gasteiger partial charge in [-0.1, -0.05) is 63.2 Å². The van der Waals surface area contributed by atoms with Crippen LogP contribution in [0.1, 0.15) is 44.0 Å². The highest BCUT2D eigenvalue weighted by Gasteiger charge is 2.40. The first-order valence-electron chi connectivity index (χ1n) is 11.0. The first-order valence-corrected chi connectivity index (χ1v) is 15.1. The summed E-state index contributed by atoms with van der Waals surface area (Å²) in [6, 6.07) is 15.3. The van der Waals surface area contributed by atoms with Crippen LogP contribution in [0.5, 0.6) is 0 Å². The van der Waals surface area contributed by atoms with Crippen molar-refractivity contribution in [2.45, 2.75) is 51.0 Å². The molecule has 2 aromatic carbocycles. The summed E-state index contributed by atoms with van der Waals surface area (Å²) in [4.78, 5) is 26.4. The maximum atomic E-state index is 13.5. The number of amides is 2. The fraction of sp³-hybridized carbons (Fsp3) is 0.440. The molecule has 33 heavy (non-hydrogen) atoms. The van der Waals surface area contributed by atoms with Crippen molar-refractivity contribution < 1.29 is 23.1 Å². The molecule has 0 N–H and O–H groups in total. The molecule has 0 unspecified atom stereocenters. The van der Waals surface area contributed by atoms with E-state index in [1.165, 1.54) is 28.8 Å². The highest BCUT2D eigenvalue weighted by atomic mass is 32.2. The molecule has 0 aliphatic carbocycles. The van der Waals surface area contributed by atoms with Gasteiger partial charge in [0, 0.05) is 5.75 Å². The van der Waals surface area contributed by atoms with Gasteiger partial charge in [-0.25, -0.2) is 14.1 Å². The number of hydrogen-bond donors (Lipinski definition) is 0. The van der Waals surface area contributed by atoms with E-state index in [1.54, 1.807) is 12.1 Å². The number of nitrogens with zero attached hydrogens (tertiary/aromatic N) is 1. The van der Waals surface area contributed by atoms with E-state index in [4.69, 9.17) is 9.16 Å². The third kappa shape index (κ3) is 6.25. The zero-order valence-corrected chi connectivity index (χ0v) is 21.7. The smallest absolute Gasteiger partial charge is 0.417 e. The number of cyclic esters (lactones) is 1. The number of halogens is 1. The predicted molar refractivity (Wildman–Crippen MR) is 132 cm³/mol. The van der Waals surface area contributed by atoms with Crippen molar-refractivity contribution in [2.75, 3.05) is 18.1 Å². The molecule has 1 heterocycles. The van der Waals surface area contributed by atoms with Crippen LogP contribution in [0.25, 0.3) is 0 Å².